The zero-order valence-corrected chi connectivity index (χ0v) is 22.4. The van der Waals surface area contributed by atoms with Gasteiger partial charge in [0.25, 0.3) is 0 Å². The van der Waals surface area contributed by atoms with E-state index >= 15 is 0 Å². The number of rotatable bonds is 9. The van der Waals surface area contributed by atoms with Gasteiger partial charge in [-0.25, -0.2) is 0 Å². The van der Waals surface area contributed by atoms with Gasteiger partial charge in [0.1, 0.15) is 11.5 Å². The Balaban J connectivity index is 1.50. The predicted octanol–water partition coefficient (Wildman–Crippen LogP) is 4.96. The van der Waals surface area contributed by atoms with Crippen molar-refractivity contribution in [2.24, 2.45) is 0 Å². The minimum absolute atomic E-state index is 0.0613. The molecule has 0 atom stereocenters. The summed E-state index contributed by atoms with van der Waals surface area (Å²) in [6.45, 7) is -0.199. The van der Waals surface area contributed by atoms with Gasteiger partial charge in [0.2, 0.25) is 36.7 Å². The Labute approximate surface area is 239 Å². The summed E-state index contributed by atoms with van der Waals surface area (Å²) in [6.07, 6.45) is 0. The van der Waals surface area contributed by atoms with E-state index in [4.69, 9.17) is 28.4 Å². The number of carbonyl (C=O) groups excluding carboxylic acids is 4. The molecular weight excluding hydrogens is 544 g/mol. The van der Waals surface area contributed by atoms with Gasteiger partial charge < -0.3 is 28.4 Å². The highest BCUT2D eigenvalue weighted by molar-refractivity contribution is 6.52. The highest BCUT2D eigenvalue weighted by atomic mass is 16.7. The molecule has 6 rings (SSSR count). The SMILES string of the molecule is COc1cccc(C(=O)C(=O)c2cc3c(cc2-c2cc4c(cc2C(=O)C(=O)c2cccc(OC)c2)OCO4)OCO3)c1. The molecule has 210 valence electrons. The summed E-state index contributed by atoms with van der Waals surface area (Å²) in [5.41, 5.74) is 0.431. The second-order valence-corrected chi connectivity index (χ2v) is 9.28. The Kier molecular flexibility index (Phi) is 6.79. The van der Waals surface area contributed by atoms with E-state index in [0.717, 1.165) is 0 Å². The molecule has 10 heteroatoms. The first-order chi connectivity index (χ1) is 20.4. The summed E-state index contributed by atoms with van der Waals surface area (Å²) in [4.78, 5) is 54.3. The fourth-order valence-corrected chi connectivity index (χ4v) is 4.74. The van der Waals surface area contributed by atoms with Crippen molar-refractivity contribution in [1.82, 2.24) is 0 Å². The van der Waals surface area contributed by atoms with Gasteiger partial charge in [0.15, 0.2) is 23.0 Å². The van der Waals surface area contributed by atoms with Gasteiger partial charge in [-0.1, -0.05) is 24.3 Å². The molecule has 2 aliphatic rings. The van der Waals surface area contributed by atoms with Gasteiger partial charge in [-0.15, -0.1) is 0 Å². The lowest BCUT2D eigenvalue weighted by Gasteiger charge is -2.15. The van der Waals surface area contributed by atoms with Crippen molar-refractivity contribution in [1.29, 1.82) is 0 Å². The lowest BCUT2D eigenvalue weighted by Crippen LogP contribution is -2.18. The van der Waals surface area contributed by atoms with E-state index < -0.39 is 23.1 Å². The van der Waals surface area contributed by atoms with Gasteiger partial charge in [0, 0.05) is 22.3 Å². The van der Waals surface area contributed by atoms with Crippen LogP contribution in [0.5, 0.6) is 34.5 Å². The molecule has 0 saturated heterocycles. The van der Waals surface area contributed by atoms with Gasteiger partial charge in [-0.3, -0.25) is 19.2 Å². The third kappa shape index (κ3) is 4.68. The fourth-order valence-electron chi connectivity index (χ4n) is 4.74. The average Bonchev–Trinajstić information content (AvgIpc) is 3.71. The predicted molar refractivity (Wildman–Crippen MR) is 147 cm³/mol. The molecule has 4 aromatic rings. The van der Waals surface area contributed by atoms with Crippen LogP contribution in [-0.2, 0) is 0 Å². The molecule has 2 heterocycles. The normalized spacial score (nSPS) is 12.5. The molecule has 0 spiro atoms. The Morgan fingerprint density at radius 3 is 1.29 bits per heavy atom. The third-order valence-corrected chi connectivity index (χ3v) is 6.88. The van der Waals surface area contributed by atoms with Crippen LogP contribution in [-0.4, -0.2) is 50.9 Å². The Hall–Kier alpha value is -5.64. The fraction of sp³-hybridized carbons (Fsp3) is 0.125. The van der Waals surface area contributed by atoms with E-state index in [1.807, 2.05) is 0 Å². The number of Topliss-reactive ketones (excluding diaryl/α,β-unsaturated/α-hetero) is 4. The molecule has 0 amide bonds. The van der Waals surface area contributed by atoms with Crippen molar-refractivity contribution in [2.45, 2.75) is 0 Å². The zero-order valence-electron chi connectivity index (χ0n) is 22.4. The highest BCUT2D eigenvalue weighted by Gasteiger charge is 2.32. The molecule has 0 aliphatic carbocycles. The van der Waals surface area contributed by atoms with E-state index in [1.54, 1.807) is 24.3 Å². The van der Waals surface area contributed by atoms with Crippen LogP contribution in [0.2, 0.25) is 0 Å². The van der Waals surface area contributed by atoms with Crippen LogP contribution in [0.25, 0.3) is 11.1 Å². The molecule has 10 nitrogen and oxygen atoms in total. The van der Waals surface area contributed by atoms with Crippen molar-refractivity contribution < 1.29 is 47.6 Å². The van der Waals surface area contributed by atoms with Crippen molar-refractivity contribution in [3.05, 3.63) is 95.1 Å². The van der Waals surface area contributed by atoms with Crippen LogP contribution in [0.1, 0.15) is 41.4 Å². The first-order valence-electron chi connectivity index (χ1n) is 12.7. The number of hydrogen-bond acceptors (Lipinski definition) is 10. The maximum absolute atomic E-state index is 13.8. The van der Waals surface area contributed by atoms with Crippen LogP contribution in [0, 0.1) is 0 Å². The average molecular weight is 567 g/mol. The molecule has 0 fully saturated rings. The van der Waals surface area contributed by atoms with E-state index in [1.165, 1.54) is 62.8 Å². The maximum Gasteiger partial charge on any atom is 0.234 e. The lowest BCUT2D eigenvalue weighted by molar-refractivity contribution is 0.0816. The largest absolute Gasteiger partial charge is 0.497 e. The van der Waals surface area contributed by atoms with E-state index in [-0.39, 0.29) is 58.5 Å². The smallest absolute Gasteiger partial charge is 0.234 e. The van der Waals surface area contributed by atoms with Crippen LogP contribution < -0.4 is 28.4 Å². The van der Waals surface area contributed by atoms with Crippen molar-refractivity contribution >= 4 is 23.1 Å². The molecular formula is C32H22O10. The number of benzene rings is 4. The number of ether oxygens (including phenoxy) is 6. The maximum atomic E-state index is 13.8. The first-order valence-corrected chi connectivity index (χ1v) is 12.7. The van der Waals surface area contributed by atoms with Gasteiger partial charge >= 0.3 is 0 Å². The van der Waals surface area contributed by atoms with Crippen molar-refractivity contribution in [3.8, 4) is 45.6 Å². The molecule has 0 saturated carbocycles. The van der Waals surface area contributed by atoms with E-state index in [9.17, 15) is 19.2 Å². The minimum atomic E-state index is -0.869. The summed E-state index contributed by atoms with van der Waals surface area (Å²) in [6, 6.07) is 18.2. The van der Waals surface area contributed by atoms with Gasteiger partial charge in [-0.05, 0) is 59.7 Å². The summed E-state index contributed by atoms with van der Waals surface area (Å²) in [7, 11) is 2.90. The van der Waals surface area contributed by atoms with Crippen LogP contribution in [0.4, 0.5) is 0 Å². The number of carbonyl (C=O) groups is 4. The quantitative estimate of drug-likeness (QED) is 0.203. The molecule has 2 aliphatic heterocycles. The molecule has 0 radical (unpaired) electrons. The molecule has 0 N–H and O–H groups in total. The highest BCUT2D eigenvalue weighted by Crippen LogP contribution is 2.44. The van der Waals surface area contributed by atoms with Crippen LogP contribution in [0.3, 0.4) is 0 Å². The Bertz CT molecular complexity index is 1660. The monoisotopic (exact) mass is 566 g/mol. The van der Waals surface area contributed by atoms with Crippen molar-refractivity contribution in [2.75, 3.05) is 27.8 Å². The molecule has 0 unspecified atom stereocenters. The summed E-state index contributed by atoms with van der Waals surface area (Å²) in [5, 5.41) is 0. The molecule has 4 aromatic carbocycles. The minimum Gasteiger partial charge on any atom is -0.497 e. The molecule has 0 bridgehead atoms. The molecule has 42 heavy (non-hydrogen) atoms. The molecule has 0 aromatic heterocycles. The third-order valence-electron chi connectivity index (χ3n) is 6.88. The van der Waals surface area contributed by atoms with Crippen molar-refractivity contribution in [3.63, 3.8) is 0 Å². The van der Waals surface area contributed by atoms with E-state index in [0.29, 0.717) is 23.0 Å². The first kappa shape index (κ1) is 26.6. The number of hydrogen-bond donors (Lipinski definition) is 0. The zero-order chi connectivity index (χ0) is 29.4. The van der Waals surface area contributed by atoms with Crippen LogP contribution >= 0.6 is 0 Å². The van der Waals surface area contributed by atoms with Crippen LogP contribution in [0.15, 0.2) is 72.8 Å². The second kappa shape index (κ2) is 10.7. The number of fused-ring (bicyclic) bond motifs is 2. The number of ketones is 4. The van der Waals surface area contributed by atoms with E-state index in [2.05, 4.69) is 0 Å². The summed E-state index contributed by atoms with van der Waals surface area (Å²) < 4.78 is 32.5. The van der Waals surface area contributed by atoms with Gasteiger partial charge in [-0.2, -0.15) is 0 Å². The standard InChI is InChI=1S/C32H22O10/c1-37-19-7-3-5-17(9-19)29(33)31(35)23-13-27-25(39-15-41-27)11-21(23)22-12-26-28(42-16-40-26)14-24(22)32(36)30(34)18-6-4-8-20(10-18)38-2/h3-14H,15-16H2,1-2H3. The Morgan fingerprint density at radius 1 is 0.524 bits per heavy atom. The van der Waals surface area contributed by atoms with Gasteiger partial charge in [0.05, 0.1) is 14.2 Å². The number of methoxy groups -OCH3 is 2. The lowest BCUT2D eigenvalue weighted by atomic mass is 9.87. The summed E-state index contributed by atoms with van der Waals surface area (Å²) >= 11 is 0. The topological polar surface area (TPSA) is 124 Å². The summed E-state index contributed by atoms with van der Waals surface area (Å²) in [5.74, 6) is -1.46. The Morgan fingerprint density at radius 2 is 0.905 bits per heavy atom. The second-order valence-electron chi connectivity index (χ2n) is 9.28.